The molecule has 1 fully saturated rings. The molecule has 1 heterocycles. The largest absolute Gasteiger partial charge is 0.490 e. The van der Waals surface area contributed by atoms with Crippen LogP contribution in [0.4, 0.5) is 5.69 Å². The van der Waals surface area contributed by atoms with Gasteiger partial charge in [0.1, 0.15) is 11.5 Å². The van der Waals surface area contributed by atoms with E-state index in [9.17, 15) is 19.5 Å². The monoisotopic (exact) mass is 669 g/mol. The number of aromatic nitrogens is 1. The summed E-state index contributed by atoms with van der Waals surface area (Å²) in [5, 5.41) is 17.7. The molecule has 1 saturated carbocycles. The Morgan fingerprint density at radius 3 is 2.15 bits per heavy atom. The quantitative estimate of drug-likeness (QED) is 0.144. The summed E-state index contributed by atoms with van der Waals surface area (Å²) in [5.41, 5.74) is 0.935. The molecule has 0 spiro atoms. The molecule has 4 aromatic carbocycles. The molecule has 6 rings (SSSR count). The predicted molar refractivity (Wildman–Crippen MR) is 180 cm³/mol. The molecule has 1 aliphatic carbocycles. The molecule has 1 aliphatic rings. The van der Waals surface area contributed by atoms with Gasteiger partial charge in [0.05, 0.1) is 33.0 Å². The van der Waals surface area contributed by atoms with Gasteiger partial charge in [0, 0.05) is 23.9 Å². The van der Waals surface area contributed by atoms with Crippen LogP contribution in [-0.2, 0) is 0 Å². The van der Waals surface area contributed by atoms with Gasteiger partial charge in [-0.3, -0.25) is 9.59 Å². The number of hydrogen-bond acceptors (Lipinski definition) is 6. The van der Waals surface area contributed by atoms with Crippen LogP contribution in [0.25, 0.3) is 10.8 Å². The minimum Gasteiger partial charge on any atom is -0.490 e. The topological polar surface area (TPSA) is 127 Å². The van der Waals surface area contributed by atoms with Crippen molar-refractivity contribution >= 4 is 57.4 Å². The molecule has 238 valence electrons. The number of pyridine rings is 1. The van der Waals surface area contributed by atoms with E-state index in [1.54, 1.807) is 42.5 Å². The Kier molecular flexibility index (Phi) is 9.56. The average molecular weight is 671 g/mol. The molecule has 0 atom stereocenters. The molecule has 47 heavy (non-hydrogen) atoms. The Bertz CT molecular complexity index is 1960. The van der Waals surface area contributed by atoms with Gasteiger partial charge in [0.15, 0.2) is 0 Å². The Balaban J connectivity index is 1.01. The first kappa shape index (κ1) is 31.8. The second-order valence-corrected chi connectivity index (χ2v) is 12.0. The molecule has 0 unspecified atom stereocenters. The highest BCUT2D eigenvalue weighted by Gasteiger charge is 2.24. The number of halogens is 2. The summed E-state index contributed by atoms with van der Waals surface area (Å²) in [6.07, 6.45) is 4.68. The lowest BCUT2D eigenvalue weighted by Crippen LogP contribution is -2.39. The number of carbonyl (C=O) groups excluding carboxylic acids is 2. The maximum absolute atomic E-state index is 12.7. The number of carbonyl (C=O) groups is 3. The van der Waals surface area contributed by atoms with Gasteiger partial charge in [-0.25, -0.2) is 9.78 Å². The Hall–Kier alpha value is -5.12. The lowest BCUT2D eigenvalue weighted by atomic mass is 9.92. The zero-order chi connectivity index (χ0) is 32.9. The number of hydrogen-bond donors (Lipinski definition) is 3. The van der Waals surface area contributed by atoms with Crippen molar-refractivity contribution in [1.29, 1.82) is 0 Å². The van der Waals surface area contributed by atoms with Crippen LogP contribution in [0.2, 0.25) is 10.0 Å². The summed E-state index contributed by atoms with van der Waals surface area (Å²) in [4.78, 5) is 41.0. The molecule has 0 saturated heterocycles. The highest BCUT2D eigenvalue weighted by molar-refractivity contribution is 6.42. The average Bonchev–Trinajstić information content (AvgIpc) is 3.07. The maximum Gasteiger partial charge on any atom is 0.337 e. The first-order chi connectivity index (χ1) is 22.7. The Morgan fingerprint density at radius 1 is 0.745 bits per heavy atom. The normalized spacial score (nSPS) is 15.9. The van der Waals surface area contributed by atoms with Crippen molar-refractivity contribution in [3.63, 3.8) is 0 Å². The molecule has 9 nitrogen and oxygen atoms in total. The zero-order valence-corrected chi connectivity index (χ0v) is 26.4. The third-order valence-corrected chi connectivity index (χ3v) is 8.64. The van der Waals surface area contributed by atoms with Crippen LogP contribution in [0.1, 0.15) is 56.8 Å². The Labute approximate surface area is 280 Å². The number of rotatable bonds is 9. The standard InChI is InChI=1S/C36H29Cl2N3O6/c37-30-15-7-23(19-31(30)38)34(42)40-25-9-13-26(14-10-25)46-27-11-5-22-18-28(12-6-21(22)17-27)47-33-16-8-24(20-39-33)35(43)41-32-4-2-1-3-29(32)36(44)45/h1-8,11-12,15-20,25-26H,9-10,13-14H2,(H,40,42)(H,41,43)(H,44,45). The second-order valence-electron chi connectivity index (χ2n) is 11.2. The summed E-state index contributed by atoms with van der Waals surface area (Å²) >= 11 is 12.0. The van der Waals surface area contributed by atoms with Crippen molar-refractivity contribution in [1.82, 2.24) is 10.3 Å². The molecular weight excluding hydrogens is 641 g/mol. The van der Waals surface area contributed by atoms with Crippen molar-refractivity contribution in [2.45, 2.75) is 37.8 Å². The fourth-order valence-electron chi connectivity index (χ4n) is 5.43. The van der Waals surface area contributed by atoms with Gasteiger partial charge in [-0.1, -0.05) is 47.5 Å². The lowest BCUT2D eigenvalue weighted by Gasteiger charge is -2.29. The number of nitrogens with one attached hydrogen (secondary N) is 2. The van der Waals surface area contributed by atoms with Crippen molar-refractivity contribution in [2.24, 2.45) is 0 Å². The molecule has 3 N–H and O–H groups in total. The summed E-state index contributed by atoms with van der Waals surface area (Å²) in [7, 11) is 0. The maximum atomic E-state index is 12.7. The lowest BCUT2D eigenvalue weighted by molar-refractivity contribution is 0.0697. The molecule has 11 heteroatoms. The number of para-hydroxylation sites is 1. The van der Waals surface area contributed by atoms with E-state index in [4.69, 9.17) is 32.7 Å². The third-order valence-electron chi connectivity index (χ3n) is 7.90. The van der Waals surface area contributed by atoms with E-state index in [0.717, 1.165) is 42.2 Å². The number of anilines is 1. The SMILES string of the molecule is O=C(Nc1ccccc1C(=O)O)c1ccc(Oc2ccc3cc(OC4CCC(NC(=O)c5ccc(Cl)c(Cl)c5)CC4)ccc3c2)nc1. The summed E-state index contributed by atoms with van der Waals surface area (Å²) in [6, 6.07) is 25.8. The molecule has 5 aromatic rings. The van der Waals surface area contributed by atoms with Gasteiger partial charge in [0.2, 0.25) is 5.88 Å². The zero-order valence-electron chi connectivity index (χ0n) is 24.9. The van der Waals surface area contributed by atoms with Gasteiger partial charge in [-0.15, -0.1) is 0 Å². The highest BCUT2D eigenvalue weighted by atomic mass is 35.5. The van der Waals surface area contributed by atoms with Crippen LogP contribution in [0.3, 0.4) is 0 Å². The van der Waals surface area contributed by atoms with E-state index >= 15 is 0 Å². The fourth-order valence-corrected chi connectivity index (χ4v) is 5.73. The van der Waals surface area contributed by atoms with E-state index in [0.29, 0.717) is 27.2 Å². The van der Waals surface area contributed by atoms with Crippen LogP contribution in [-0.4, -0.2) is 40.0 Å². The van der Waals surface area contributed by atoms with Gasteiger partial charge in [-0.2, -0.15) is 0 Å². The van der Waals surface area contributed by atoms with E-state index in [2.05, 4.69) is 15.6 Å². The fraction of sp³-hybridized carbons (Fsp3) is 0.167. The van der Waals surface area contributed by atoms with E-state index in [-0.39, 0.29) is 34.9 Å². The number of carboxylic acid groups (broad SMARTS) is 1. The second kappa shape index (κ2) is 14.1. The van der Waals surface area contributed by atoms with E-state index in [1.807, 2.05) is 36.4 Å². The third kappa shape index (κ3) is 7.82. The van der Waals surface area contributed by atoms with Crippen LogP contribution in [0.5, 0.6) is 17.4 Å². The number of aromatic carboxylic acids is 1. The molecule has 0 radical (unpaired) electrons. The minimum atomic E-state index is -1.13. The van der Waals surface area contributed by atoms with Crippen LogP contribution in [0, 0.1) is 0 Å². The van der Waals surface area contributed by atoms with E-state index in [1.165, 1.54) is 18.3 Å². The molecule has 0 aliphatic heterocycles. The van der Waals surface area contributed by atoms with Crippen molar-refractivity contribution in [2.75, 3.05) is 5.32 Å². The summed E-state index contributed by atoms with van der Waals surface area (Å²) in [5.74, 6) is -0.131. The van der Waals surface area contributed by atoms with Gasteiger partial charge in [-0.05, 0) is 97.1 Å². The number of fused-ring (bicyclic) bond motifs is 1. The number of ether oxygens (including phenoxy) is 2. The Morgan fingerprint density at radius 2 is 1.45 bits per heavy atom. The first-order valence-corrected chi connectivity index (χ1v) is 15.7. The number of carboxylic acids is 1. The minimum absolute atomic E-state index is 0.00379. The smallest absolute Gasteiger partial charge is 0.337 e. The van der Waals surface area contributed by atoms with Crippen LogP contribution >= 0.6 is 23.2 Å². The number of nitrogens with zero attached hydrogens (tertiary/aromatic N) is 1. The predicted octanol–water partition coefficient (Wildman–Crippen LogP) is 8.40. The van der Waals surface area contributed by atoms with Crippen molar-refractivity contribution in [3.05, 3.63) is 124 Å². The highest BCUT2D eigenvalue weighted by Crippen LogP contribution is 2.30. The van der Waals surface area contributed by atoms with E-state index < -0.39 is 11.9 Å². The van der Waals surface area contributed by atoms with Crippen molar-refractivity contribution < 1.29 is 29.0 Å². The summed E-state index contributed by atoms with van der Waals surface area (Å²) in [6.45, 7) is 0. The molecule has 0 bridgehead atoms. The number of amides is 2. The van der Waals surface area contributed by atoms with Gasteiger partial charge < -0.3 is 25.2 Å². The van der Waals surface area contributed by atoms with Crippen molar-refractivity contribution in [3.8, 4) is 17.4 Å². The first-order valence-electron chi connectivity index (χ1n) is 15.0. The molecular formula is C36H29Cl2N3O6. The van der Waals surface area contributed by atoms with Crippen LogP contribution in [0.15, 0.2) is 97.2 Å². The molecule has 2 amide bonds. The van der Waals surface area contributed by atoms with Gasteiger partial charge >= 0.3 is 5.97 Å². The van der Waals surface area contributed by atoms with Gasteiger partial charge in [0.25, 0.3) is 11.8 Å². The number of benzene rings is 4. The summed E-state index contributed by atoms with van der Waals surface area (Å²) < 4.78 is 12.2. The molecule has 1 aromatic heterocycles. The van der Waals surface area contributed by atoms with Crippen LogP contribution < -0.4 is 20.1 Å².